The van der Waals surface area contributed by atoms with Gasteiger partial charge in [0.2, 0.25) is 5.91 Å². The number of aliphatic hydroxyl groups is 1. The van der Waals surface area contributed by atoms with Crippen molar-refractivity contribution in [3.8, 4) is 0 Å². The molecule has 0 spiro atoms. The first-order valence-corrected chi connectivity index (χ1v) is 6.21. The second-order valence-electron chi connectivity index (χ2n) is 4.78. The van der Waals surface area contributed by atoms with Gasteiger partial charge in [-0.3, -0.25) is 9.18 Å². The molecule has 4 heteroatoms. The van der Waals surface area contributed by atoms with Gasteiger partial charge in [0.05, 0.1) is 25.2 Å². The van der Waals surface area contributed by atoms with Gasteiger partial charge >= 0.3 is 0 Å². The average Bonchev–Trinajstić information content (AvgIpc) is 2.75. The minimum absolute atomic E-state index is 0.0794. The third kappa shape index (κ3) is 2.25. The fourth-order valence-electron chi connectivity index (χ4n) is 2.53. The van der Waals surface area contributed by atoms with Crippen LogP contribution in [0.1, 0.15) is 18.5 Å². The van der Waals surface area contributed by atoms with Crippen LogP contribution in [0.15, 0.2) is 30.3 Å². The molecule has 1 N–H and O–H groups in total. The number of rotatable bonds is 4. The summed E-state index contributed by atoms with van der Waals surface area (Å²) in [5.41, 5.74) is 1.03. The highest BCUT2D eigenvalue weighted by Crippen LogP contribution is 2.32. The van der Waals surface area contributed by atoms with Crippen LogP contribution in [-0.2, 0) is 4.79 Å². The number of carbonyl (C=O) groups excluding carboxylic acids is 1. The molecule has 1 saturated heterocycles. The largest absolute Gasteiger partial charge is 0.396 e. The van der Waals surface area contributed by atoms with Gasteiger partial charge in [0, 0.05) is 12.5 Å². The quantitative estimate of drug-likeness (QED) is 0.886. The summed E-state index contributed by atoms with van der Waals surface area (Å²) < 4.78 is 12.9. The minimum Gasteiger partial charge on any atom is -0.396 e. The number of nitrogens with zero attached hydrogens (tertiary/aromatic N) is 1. The molecule has 0 aromatic heterocycles. The van der Waals surface area contributed by atoms with Gasteiger partial charge in [-0.25, -0.2) is 0 Å². The molecule has 0 aliphatic carbocycles. The zero-order valence-corrected chi connectivity index (χ0v) is 10.4. The Morgan fingerprint density at radius 3 is 2.61 bits per heavy atom. The monoisotopic (exact) mass is 251 g/mol. The van der Waals surface area contributed by atoms with E-state index < -0.39 is 12.6 Å². The van der Waals surface area contributed by atoms with Crippen LogP contribution in [0, 0.1) is 11.8 Å². The van der Waals surface area contributed by atoms with E-state index >= 15 is 0 Å². The Morgan fingerprint density at radius 2 is 2.11 bits per heavy atom. The first-order chi connectivity index (χ1) is 8.69. The second kappa shape index (κ2) is 5.48. The third-order valence-corrected chi connectivity index (χ3v) is 3.74. The maximum Gasteiger partial charge on any atom is 0.228 e. The van der Waals surface area contributed by atoms with E-state index in [2.05, 4.69) is 0 Å². The lowest BCUT2D eigenvalue weighted by Gasteiger charge is -2.25. The molecule has 0 radical (unpaired) electrons. The van der Waals surface area contributed by atoms with Gasteiger partial charge in [-0.2, -0.15) is 0 Å². The summed E-state index contributed by atoms with van der Waals surface area (Å²) in [5.74, 6) is -1.11. The molecule has 1 aliphatic heterocycles. The predicted octanol–water partition coefficient (Wildman–Crippen LogP) is 1.78. The highest BCUT2D eigenvalue weighted by atomic mass is 19.1. The van der Waals surface area contributed by atoms with Crippen molar-refractivity contribution in [1.29, 1.82) is 0 Å². The van der Waals surface area contributed by atoms with E-state index in [0.717, 1.165) is 5.56 Å². The maximum atomic E-state index is 12.9. The van der Waals surface area contributed by atoms with Crippen LogP contribution >= 0.6 is 0 Å². The Balaban J connectivity index is 2.17. The van der Waals surface area contributed by atoms with Crippen molar-refractivity contribution < 1.29 is 14.3 Å². The van der Waals surface area contributed by atoms with Crippen molar-refractivity contribution in [3.63, 3.8) is 0 Å². The Hall–Kier alpha value is -1.42. The first-order valence-electron chi connectivity index (χ1n) is 6.21. The van der Waals surface area contributed by atoms with E-state index in [1.807, 2.05) is 37.3 Å². The molecule has 1 fully saturated rings. The highest BCUT2D eigenvalue weighted by molar-refractivity contribution is 5.82. The number of likely N-dealkylation sites (tertiary alicyclic amines) is 1. The van der Waals surface area contributed by atoms with Crippen LogP contribution in [0.25, 0.3) is 0 Å². The van der Waals surface area contributed by atoms with E-state index in [1.54, 1.807) is 4.90 Å². The second-order valence-corrected chi connectivity index (χ2v) is 4.78. The SMILES string of the molecule is C[C@@H](c1ccccc1)N1C[C@H](CF)[C@@H](CO)C1=O. The molecular formula is C14H18FNO2. The lowest BCUT2D eigenvalue weighted by molar-refractivity contribution is -0.134. The Morgan fingerprint density at radius 1 is 1.44 bits per heavy atom. The number of hydrogen-bond donors (Lipinski definition) is 1. The topological polar surface area (TPSA) is 40.5 Å². The predicted molar refractivity (Wildman–Crippen MR) is 66.6 cm³/mol. The summed E-state index contributed by atoms with van der Waals surface area (Å²) in [6.07, 6.45) is 0. The lowest BCUT2D eigenvalue weighted by Crippen LogP contribution is -2.31. The number of alkyl halides is 1. The molecule has 0 bridgehead atoms. The maximum absolute atomic E-state index is 12.9. The van der Waals surface area contributed by atoms with E-state index in [4.69, 9.17) is 0 Å². The van der Waals surface area contributed by atoms with Crippen LogP contribution in [0.2, 0.25) is 0 Å². The molecule has 0 unspecified atom stereocenters. The van der Waals surface area contributed by atoms with Crippen LogP contribution in [0.4, 0.5) is 4.39 Å². The van der Waals surface area contributed by atoms with Crippen molar-refractivity contribution in [2.24, 2.45) is 11.8 Å². The number of benzene rings is 1. The number of aliphatic hydroxyl groups excluding tert-OH is 1. The smallest absolute Gasteiger partial charge is 0.228 e. The fraction of sp³-hybridized carbons (Fsp3) is 0.500. The van der Waals surface area contributed by atoms with E-state index in [-0.39, 0.29) is 24.5 Å². The van der Waals surface area contributed by atoms with Gasteiger partial charge in [-0.1, -0.05) is 30.3 Å². The molecule has 2 rings (SSSR count). The summed E-state index contributed by atoms with van der Waals surface area (Å²) in [6.45, 7) is 1.49. The summed E-state index contributed by atoms with van der Waals surface area (Å²) in [4.78, 5) is 13.8. The minimum atomic E-state index is -0.582. The Bertz CT molecular complexity index is 410. The molecule has 1 amide bonds. The molecule has 3 atom stereocenters. The normalized spacial score (nSPS) is 25.5. The summed E-state index contributed by atoms with van der Waals surface area (Å²) in [6, 6.07) is 9.58. The molecule has 98 valence electrons. The highest BCUT2D eigenvalue weighted by Gasteiger charge is 2.41. The molecule has 18 heavy (non-hydrogen) atoms. The number of carbonyl (C=O) groups is 1. The Kier molecular flexibility index (Phi) is 3.97. The van der Waals surface area contributed by atoms with Crippen molar-refractivity contribution in [3.05, 3.63) is 35.9 Å². The van der Waals surface area contributed by atoms with E-state index in [0.29, 0.717) is 6.54 Å². The molecular weight excluding hydrogens is 233 g/mol. The van der Waals surface area contributed by atoms with Gasteiger partial charge < -0.3 is 10.0 Å². The van der Waals surface area contributed by atoms with Gasteiger partial charge in [0.1, 0.15) is 0 Å². The summed E-state index contributed by atoms with van der Waals surface area (Å²) in [5, 5.41) is 9.19. The fourth-order valence-corrected chi connectivity index (χ4v) is 2.53. The number of hydrogen-bond acceptors (Lipinski definition) is 2. The van der Waals surface area contributed by atoms with Crippen LogP contribution in [0.5, 0.6) is 0 Å². The molecule has 1 heterocycles. The average molecular weight is 251 g/mol. The van der Waals surface area contributed by atoms with Crippen LogP contribution in [-0.4, -0.2) is 35.7 Å². The molecule has 1 aromatic rings. The molecule has 1 aromatic carbocycles. The van der Waals surface area contributed by atoms with E-state index in [9.17, 15) is 14.3 Å². The van der Waals surface area contributed by atoms with Crippen molar-refractivity contribution in [2.45, 2.75) is 13.0 Å². The molecule has 3 nitrogen and oxygen atoms in total. The van der Waals surface area contributed by atoms with Gasteiger partial charge in [0.15, 0.2) is 0 Å². The molecule has 1 aliphatic rings. The van der Waals surface area contributed by atoms with Crippen molar-refractivity contribution in [2.75, 3.05) is 19.8 Å². The standard InChI is InChI=1S/C14H18FNO2/c1-10(11-5-3-2-4-6-11)16-8-12(7-15)13(9-17)14(16)18/h2-6,10,12-13,17H,7-9H2,1H3/t10-,12-,13+/m0/s1. The van der Waals surface area contributed by atoms with Crippen LogP contribution < -0.4 is 0 Å². The first kappa shape index (κ1) is 13.0. The zero-order valence-electron chi connectivity index (χ0n) is 10.4. The van der Waals surface area contributed by atoms with Gasteiger partial charge in [-0.05, 0) is 12.5 Å². The van der Waals surface area contributed by atoms with Crippen LogP contribution in [0.3, 0.4) is 0 Å². The number of halogens is 1. The van der Waals surface area contributed by atoms with E-state index in [1.165, 1.54) is 0 Å². The number of amides is 1. The van der Waals surface area contributed by atoms with Gasteiger partial charge in [-0.15, -0.1) is 0 Å². The zero-order chi connectivity index (χ0) is 13.1. The van der Waals surface area contributed by atoms with Crippen molar-refractivity contribution >= 4 is 5.91 Å². The molecule has 0 saturated carbocycles. The van der Waals surface area contributed by atoms with Crippen molar-refractivity contribution in [1.82, 2.24) is 4.90 Å². The van der Waals surface area contributed by atoms with Gasteiger partial charge in [0.25, 0.3) is 0 Å². The summed E-state index contributed by atoms with van der Waals surface area (Å²) in [7, 11) is 0. The third-order valence-electron chi connectivity index (χ3n) is 3.74. The summed E-state index contributed by atoms with van der Waals surface area (Å²) >= 11 is 0. The lowest BCUT2D eigenvalue weighted by atomic mass is 9.98. The Labute approximate surface area is 106 Å².